The Morgan fingerprint density at radius 3 is 2.23 bits per heavy atom. The van der Waals surface area contributed by atoms with Crippen molar-refractivity contribution in [3.05, 3.63) is 0 Å². The van der Waals surface area contributed by atoms with Gasteiger partial charge < -0.3 is 14.5 Å². The van der Waals surface area contributed by atoms with Gasteiger partial charge in [0, 0.05) is 40.8 Å². The molecular weight excluding hydrogens is 282 g/mol. The van der Waals surface area contributed by atoms with Gasteiger partial charge in [0.25, 0.3) is 0 Å². The number of carbonyl (C=O) groups is 2. The van der Waals surface area contributed by atoms with Crippen molar-refractivity contribution in [3.8, 4) is 0 Å². The summed E-state index contributed by atoms with van der Waals surface area (Å²) in [6.07, 6.45) is 1.18. The summed E-state index contributed by atoms with van der Waals surface area (Å²) in [6.45, 7) is 7.65. The van der Waals surface area contributed by atoms with Gasteiger partial charge in [0.05, 0.1) is 19.7 Å². The van der Waals surface area contributed by atoms with Gasteiger partial charge in [0.2, 0.25) is 11.8 Å². The van der Waals surface area contributed by atoms with E-state index in [1.165, 1.54) is 6.42 Å². The number of methoxy groups -OCH3 is 1. The molecule has 1 fully saturated rings. The number of piperidine rings is 1. The molecule has 0 aromatic rings. The van der Waals surface area contributed by atoms with E-state index in [0.29, 0.717) is 25.0 Å². The van der Waals surface area contributed by atoms with Crippen molar-refractivity contribution in [2.24, 2.45) is 11.8 Å². The van der Waals surface area contributed by atoms with Crippen molar-refractivity contribution in [2.75, 3.05) is 60.5 Å². The summed E-state index contributed by atoms with van der Waals surface area (Å²) in [4.78, 5) is 29.8. The van der Waals surface area contributed by atoms with Crippen LogP contribution in [-0.4, -0.2) is 87.0 Å². The summed E-state index contributed by atoms with van der Waals surface area (Å²) in [5.74, 6) is 1.21. The van der Waals surface area contributed by atoms with Crippen LogP contribution in [0.15, 0.2) is 0 Å². The van der Waals surface area contributed by atoms with Crippen LogP contribution < -0.4 is 0 Å². The Morgan fingerprint density at radius 1 is 1.14 bits per heavy atom. The predicted octanol–water partition coefficient (Wildman–Crippen LogP) is 0.528. The zero-order valence-electron chi connectivity index (χ0n) is 14.7. The second-order valence-corrected chi connectivity index (χ2v) is 6.74. The number of carbonyl (C=O) groups excluding carboxylic acids is 2. The molecule has 2 unspecified atom stereocenters. The van der Waals surface area contributed by atoms with E-state index in [9.17, 15) is 9.59 Å². The van der Waals surface area contributed by atoms with Gasteiger partial charge >= 0.3 is 0 Å². The Morgan fingerprint density at radius 2 is 1.73 bits per heavy atom. The zero-order valence-corrected chi connectivity index (χ0v) is 14.7. The first-order valence-electron chi connectivity index (χ1n) is 8.02. The van der Waals surface area contributed by atoms with Crippen molar-refractivity contribution in [1.82, 2.24) is 14.7 Å². The van der Waals surface area contributed by atoms with Crippen LogP contribution in [0, 0.1) is 11.8 Å². The van der Waals surface area contributed by atoms with Gasteiger partial charge in [-0.25, -0.2) is 0 Å². The first-order valence-corrected chi connectivity index (χ1v) is 8.02. The Hall–Kier alpha value is -1.14. The Bertz CT molecular complexity index is 364. The molecular formula is C16H31N3O3. The smallest absolute Gasteiger partial charge is 0.236 e. The van der Waals surface area contributed by atoms with E-state index in [4.69, 9.17) is 4.74 Å². The molecule has 0 N–H and O–H groups in total. The van der Waals surface area contributed by atoms with E-state index in [0.717, 1.165) is 13.1 Å². The minimum atomic E-state index is 0.00397. The summed E-state index contributed by atoms with van der Waals surface area (Å²) in [5.41, 5.74) is 0. The van der Waals surface area contributed by atoms with E-state index >= 15 is 0 Å². The lowest BCUT2D eigenvalue weighted by Gasteiger charge is -2.36. The maximum absolute atomic E-state index is 12.5. The molecule has 1 heterocycles. The van der Waals surface area contributed by atoms with Crippen LogP contribution in [0.1, 0.15) is 20.3 Å². The Kier molecular flexibility index (Phi) is 7.82. The highest BCUT2D eigenvalue weighted by atomic mass is 16.5. The van der Waals surface area contributed by atoms with Gasteiger partial charge in [-0.1, -0.05) is 13.8 Å². The molecule has 22 heavy (non-hydrogen) atoms. The second kappa shape index (κ2) is 9.10. The van der Waals surface area contributed by atoms with Gasteiger partial charge in [-0.15, -0.1) is 0 Å². The van der Waals surface area contributed by atoms with Gasteiger partial charge in [-0.05, 0) is 18.3 Å². The molecule has 2 amide bonds. The van der Waals surface area contributed by atoms with Crippen LogP contribution in [0.5, 0.6) is 0 Å². The molecule has 128 valence electrons. The van der Waals surface area contributed by atoms with Crippen molar-refractivity contribution < 1.29 is 14.3 Å². The summed E-state index contributed by atoms with van der Waals surface area (Å²) < 4.78 is 5.08. The fourth-order valence-corrected chi connectivity index (χ4v) is 2.92. The van der Waals surface area contributed by atoms with Crippen LogP contribution in [0.3, 0.4) is 0 Å². The lowest BCUT2D eigenvalue weighted by atomic mass is 9.92. The maximum Gasteiger partial charge on any atom is 0.236 e. The van der Waals surface area contributed by atoms with Crippen molar-refractivity contribution in [1.29, 1.82) is 0 Å². The number of hydrogen-bond donors (Lipinski definition) is 0. The number of amides is 2. The van der Waals surface area contributed by atoms with Gasteiger partial charge in [0.15, 0.2) is 0 Å². The van der Waals surface area contributed by atoms with E-state index in [1.54, 1.807) is 26.1 Å². The average molecular weight is 313 g/mol. The number of nitrogens with zero attached hydrogens (tertiary/aromatic N) is 3. The van der Waals surface area contributed by atoms with Gasteiger partial charge in [-0.3, -0.25) is 14.5 Å². The Labute approximate surface area is 134 Å². The van der Waals surface area contributed by atoms with Gasteiger partial charge in [-0.2, -0.15) is 0 Å². The van der Waals surface area contributed by atoms with E-state index < -0.39 is 0 Å². The third-order valence-corrected chi connectivity index (χ3v) is 4.05. The third-order valence-electron chi connectivity index (χ3n) is 4.05. The molecule has 0 bridgehead atoms. The van der Waals surface area contributed by atoms with Crippen LogP contribution in [0.25, 0.3) is 0 Å². The molecule has 0 aliphatic carbocycles. The molecule has 6 nitrogen and oxygen atoms in total. The normalized spacial score (nSPS) is 22.0. The van der Waals surface area contributed by atoms with Crippen LogP contribution in [0.2, 0.25) is 0 Å². The number of likely N-dealkylation sites (tertiary alicyclic amines) is 1. The average Bonchev–Trinajstić information content (AvgIpc) is 2.43. The number of ether oxygens (including phenoxy) is 1. The lowest BCUT2D eigenvalue weighted by Crippen LogP contribution is -2.49. The highest BCUT2D eigenvalue weighted by Gasteiger charge is 2.26. The minimum Gasteiger partial charge on any atom is -0.383 e. The molecule has 0 saturated carbocycles. The summed E-state index contributed by atoms with van der Waals surface area (Å²) in [6, 6.07) is 0. The topological polar surface area (TPSA) is 53.1 Å². The van der Waals surface area contributed by atoms with Crippen molar-refractivity contribution in [2.45, 2.75) is 20.3 Å². The molecule has 1 aliphatic rings. The fraction of sp³-hybridized carbons (Fsp3) is 0.875. The third kappa shape index (κ3) is 6.32. The fourth-order valence-electron chi connectivity index (χ4n) is 2.92. The minimum absolute atomic E-state index is 0.00397. The molecule has 0 spiro atoms. The van der Waals surface area contributed by atoms with E-state index in [1.807, 2.05) is 9.80 Å². The summed E-state index contributed by atoms with van der Waals surface area (Å²) >= 11 is 0. The Balaban J connectivity index is 2.59. The molecule has 2 atom stereocenters. The largest absolute Gasteiger partial charge is 0.383 e. The molecule has 0 aromatic carbocycles. The second-order valence-electron chi connectivity index (χ2n) is 6.74. The molecule has 0 aromatic heterocycles. The van der Waals surface area contributed by atoms with E-state index in [-0.39, 0.29) is 24.9 Å². The predicted molar refractivity (Wildman–Crippen MR) is 86.5 cm³/mol. The van der Waals surface area contributed by atoms with Gasteiger partial charge in [0.1, 0.15) is 0 Å². The first-order chi connectivity index (χ1) is 10.3. The van der Waals surface area contributed by atoms with Crippen LogP contribution >= 0.6 is 0 Å². The monoisotopic (exact) mass is 313 g/mol. The first kappa shape index (κ1) is 18.9. The number of hydrogen-bond acceptors (Lipinski definition) is 4. The number of likely N-dealkylation sites (N-methyl/N-ethyl adjacent to an activating group) is 1. The highest BCUT2D eigenvalue weighted by molar-refractivity contribution is 5.81. The summed E-state index contributed by atoms with van der Waals surface area (Å²) in [7, 11) is 5.08. The standard InChI is InChI=1S/C16H31N3O3/c1-13-8-14(2)10-19(9-13)16(21)12-18(6-7-22-5)11-15(20)17(3)4/h13-14H,6-12H2,1-5H3. The molecule has 6 heteroatoms. The quantitative estimate of drug-likeness (QED) is 0.688. The zero-order chi connectivity index (χ0) is 16.7. The molecule has 1 aliphatic heterocycles. The molecule has 0 radical (unpaired) electrons. The van der Waals surface area contributed by atoms with Crippen molar-refractivity contribution >= 4 is 11.8 Å². The van der Waals surface area contributed by atoms with Crippen LogP contribution in [-0.2, 0) is 14.3 Å². The van der Waals surface area contributed by atoms with Crippen molar-refractivity contribution in [3.63, 3.8) is 0 Å². The SMILES string of the molecule is COCCN(CC(=O)N(C)C)CC(=O)N1CC(C)CC(C)C1. The molecule has 1 rings (SSSR count). The van der Waals surface area contributed by atoms with Crippen LogP contribution in [0.4, 0.5) is 0 Å². The highest BCUT2D eigenvalue weighted by Crippen LogP contribution is 2.21. The summed E-state index contributed by atoms with van der Waals surface area (Å²) in [5, 5.41) is 0. The molecule has 1 saturated heterocycles. The lowest BCUT2D eigenvalue weighted by molar-refractivity contribution is -0.136. The number of rotatable bonds is 7. The van der Waals surface area contributed by atoms with E-state index in [2.05, 4.69) is 13.8 Å². The maximum atomic E-state index is 12.5.